The van der Waals surface area contributed by atoms with Crippen LogP contribution in [-0.4, -0.2) is 23.8 Å². The number of carboxylic acid groups (broad SMARTS) is 1. The van der Waals surface area contributed by atoms with E-state index in [-0.39, 0.29) is 12.0 Å². The minimum Gasteiger partial charge on any atom is -0.481 e. The monoisotopic (exact) mass is 260 g/mol. The molecule has 102 valence electrons. The van der Waals surface area contributed by atoms with Gasteiger partial charge in [-0.2, -0.15) is 0 Å². The number of rotatable bonds is 4. The molecule has 2 aliphatic carbocycles. The predicted octanol–water partition coefficient (Wildman–Crippen LogP) is 2.99. The Hall–Kier alpha value is -1.35. The fraction of sp³-hybridized carbons (Fsp3) is 0.562. The Morgan fingerprint density at radius 2 is 1.95 bits per heavy atom. The number of hydrogen-bond donors (Lipinski definition) is 1. The number of fused-ring (bicyclic) bond motifs is 1. The van der Waals surface area contributed by atoms with Crippen molar-refractivity contribution in [3.63, 3.8) is 0 Å². The summed E-state index contributed by atoms with van der Waals surface area (Å²) in [5, 5.41) is 8.96. The summed E-state index contributed by atoms with van der Waals surface area (Å²) in [4.78, 5) is 10.9. The van der Waals surface area contributed by atoms with Gasteiger partial charge in [-0.15, -0.1) is 0 Å². The van der Waals surface area contributed by atoms with Crippen molar-refractivity contribution in [3.05, 3.63) is 35.4 Å². The molecule has 1 unspecified atom stereocenters. The SMILES string of the molecule is O=C(O)C1CCC(OCC2Cc3ccccc32)CC1. The van der Waals surface area contributed by atoms with Crippen LogP contribution in [0.15, 0.2) is 24.3 Å². The summed E-state index contributed by atoms with van der Waals surface area (Å²) >= 11 is 0. The van der Waals surface area contributed by atoms with Crippen molar-refractivity contribution in [2.45, 2.75) is 44.1 Å². The minimum atomic E-state index is -0.647. The molecular formula is C16H20O3. The van der Waals surface area contributed by atoms with Crippen LogP contribution in [0.4, 0.5) is 0 Å². The van der Waals surface area contributed by atoms with Crippen LogP contribution in [0.25, 0.3) is 0 Å². The van der Waals surface area contributed by atoms with E-state index in [0.717, 1.165) is 38.7 Å². The van der Waals surface area contributed by atoms with E-state index in [4.69, 9.17) is 9.84 Å². The van der Waals surface area contributed by atoms with E-state index < -0.39 is 5.97 Å². The topological polar surface area (TPSA) is 46.5 Å². The number of benzene rings is 1. The van der Waals surface area contributed by atoms with Crippen molar-refractivity contribution in [3.8, 4) is 0 Å². The molecule has 1 N–H and O–H groups in total. The minimum absolute atomic E-state index is 0.149. The quantitative estimate of drug-likeness (QED) is 0.905. The van der Waals surface area contributed by atoms with Crippen LogP contribution in [0.5, 0.6) is 0 Å². The molecule has 0 aromatic heterocycles. The average Bonchev–Trinajstić information content (AvgIpc) is 2.40. The van der Waals surface area contributed by atoms with Crippen molar-refractivity contribution in [2.24, 2.45) is 5.92 Å². The molecule has 3 nitrogen and oxygen atoms in total. The number of aliphatic carboxylic acids is 1. The van der Waals surface area contributed by atoms with Crippen molar-refractivity contribution in [1.29, 1.82) is 0 Å². The molecule has 0 spiro atoms. The highest BCUT2D eigenvalue weighted by atomic mass is 16.5. The van der Waals surface area contributed by atoms with Crippen LogP contribution in [0.2, 0.25) is 0 Å². The fourth-order valence-electron chi connectivity index (χ4n) is 3.24. The first kappa shape index (κ1) is 12.7. The lowest BCUT2D eigenvalue weighted by molar-refractivity contribution is -0.143. The molecule has 1 saturated carbocycles. The second kappa shape index (κ2) is 5.33. The van der Waals surface area contributed by atoms with Crippen molar-refractivity contribution < 1.29 is 14.6 Å². The van der Waals surface area contributed by atoms with Crippen LogP contribution in [-0.2, 0) is 16.0 Å². The molecule has 0 aliphatic heterocycles. The summed E-state index contributed by atoms with van der Waals surface area (Å²) in [5.74, 6) is -0.246. The molecule has 1 atom stereocenters. The zero-order chi connectivity index (χ0) is 13.2. The summed E-state index contributed by atoms with van der Waals surface area (Å²) in [6.45, 7) is 0.791. The largest absolute Gasteiger partial charge is 0.481 e. The first-order valence-corrected chi connectivity index (χ1v) is 7.16. The summed E-state index contributed by atoms with van der Waals surface area (Å²) < 4.78 is 5.98. The first-order chi connectivity index (χ1) is 9.24. The second-order valence-electron chi connectivity index (χ2n) is 5.75. The first-order valence-electron chi connectivity index (χ1n) is 7.16. The Bertz CT molecular complexity index is 461. The van der Waals surface area contributed by atoms with Crippen LogP contribution in [0, 0.1) is 5.92 Å². The molecular weight excluding hydrogens is 240 g/mol. The third kappa shape index (κ3) is 2.66. The highest BCUT2D eigenvalue weighted by Gasteiger charge is 2.29. The Morgan fingerprint density at radius 1 is 1.21 bits per heavy atom. The molecule has 0 amide bonds. The third-order valence-electron chi connectivity index (χ3n) is 4.52. The van der Waals surface area contributed by atoms with Gasteiger partial charge in [-0.3, -0.25) is 4.79 Å². The van der Waals surface area contributed by atoms with Crippen LogP contribution in [0.1, 0.15) is 42.7 Å². The second-order valence-corrected chi connectivity index (χ2v) is 5.75. The van der Waals surface area contributed by atoms with Gasteiger partial charge in [-0.1, -0.05) is 24.3 Å². The number of ether oxygens (including phenoxy) is 1. The highest BCUT2D eigenvalue weighted by Crippen LogP contribution is 2.36. The van der Waals surface area contributed by atoms with E-state index in [1.54, 1.807) is 0 Å². The van der Waals surface area contributed by atoms with Gasteiger partial charge in [-0.05, 0) is 43.2 Å². The smallest absolute Gasteiger partial charge is 0.306 e. The van der Waals surface area contributed by atoms with Crippen LogP contribution < -0.4 is 0 Å². The Labute approximate surface area is 113 Å². The number of carbonyl (C=O) groups is 1. The van der Waals surface area contributed by atoms with Gasteiger partial charge in [0.1, 0.15) is 0 Å². The lowest BCUT2D eigenvalue weighted by atomic mass is 9.78. The van der Waals surface area contributed by atoms with Gasteiger partial charge in [-0.25, -0.2) is 0 Å². The lowest BCUT2D eigenvalue weighted by Crippen LogP contribution is -2.29. The molecule has 1 aromatic rings. The Morgan fingerprint density at radius 3 is 2.63 bits per heavy atom. The van der Waals surface area contributed by atoms with Gasteiger partial charge in [0.2, 0.25) is 0 Å². The standard InChI is InChI=1S/C16H20O3/c17-16(18)11-5-7-14(8-6-11)19-10-13-9-12-3-1-2-4-15(12)13/h1-4,11,13-14H,5-10H2,(H,17,18). The molecule has 2 aliphatic rings. The van der Waals surface area contributed by atoms with E-state index in [0.29, 0.717) is 5.92 Å². The fourth-order valence-corrected chi connectivity index (χ4v) is 3.24. The van der Waals surface area contributed by atoms with Gasteiger partial charge in [0.05, 0.1) is 18.6 Å². The predicted molar refractivity (Wildman–Crippen MR) is 72.2 cm³/mol. The van der Waals surface area contributed by atoms with Crippen LogP contribution in [0.3, 0.4) is 0 Å². The maximum atomic E-state index is 10.9. The number of hydrogen-bond acceptors (Lipinski definition) is 2. The van der Waals surface area contributed by atoms with E-state index in [1.165, 1.54) is 11.1 Å². The van der Waals surface area contributed by atoms with Gasteiger partial charge >= 0.3 is 5.97 Å². The molecule has 3 heteroatoms. The highest BCUT2D eigenvalue weighted by molar-refractivity contribution is 5.70. The summed E-state index contributed by atoms with van der Waals surface area (Å²) in [6, 6.07) is 8.55. The molecule has 0 heterocycles. The Kier molecular flexibility index (Phi) is 3.56. The van der Waals surface area contributed by atoms with Crippen molar-refractivity contribution in [2.75, 3.05) is 6.61 Å². The van der Waals surface area contributed by atoms with Crippen molar-refractivity contribution in [1.82, 2.24) is 0 Å². The lowest BCUT2D eigenvalue weighted by Gasteiger charge is -2.33. The van der Waals surface area contributed by atoms with Gasteiger partial charge < -0.3 is 9.84 Å². The maximum Gasteiger partial charge on any atom is 0.306 e. The van der Waals surface area contributed by atoms with Gasteiger partial charge in [0.25, 0.3) is 0 Å². The normalized spacial score (nSPS) is 29.4. The average molecular weight is 260 g/mol. The van der Waals surface area contributed by atoms with Gasteiger partial charge in [0, 0.05) is 5.92 Å². The summed E-state index contributed by atoms with van der Waals surface area (Å²) in [5.41, 5.74) is 2.88. The molecule has 1 fully saturated rings. The molecule has 1 aromatic carbocycles. The molecule has 19 heavy (non-hydrogen) atoms. The van der Waals surface area contributed by atoms with Crippen LogP contribution >= 0.6 is 0 Å². The van der Waals surface area contributed by atoms with E-state index in [9.17, 15) is 4.79 Å². The van der Waals surface area contributed by atoms with E-state index in [2.05, 4.69) is 24.3 Å². The van der Waals surface area contributed by atoms with Crippen molar-refractivity contribution >= 4 is 5.97 Å². The maximum absolute atomic E-state index is 10.9. The summed E-state index contributed by atoms with van der Waals surface area (Å²) in [6.07, 6.45) is 4.71. The zero-order valence-corrected chi connectivity index (χ0v) is 11.0. The zero-order valence-electron chi connectivity index (χ0n) is 11.0. The molecule has 0 bridgehead atoms. The molecule has 0 radical (unpaired) electrons. The molecule has 3 rings (SSSR count). The summed E-state index contributed by atoms with van der Waals surface area (Å²) in [7, 11) is 0. The van der Waals surface area contributed by atoms with E-state index >= 15 is 0 Å². The van der Waals surface area contributed by atoms with Gasteiger partial charge in [0.15, 0.2) is 0 Å². The Balaban J connectivity index is 1.44. The molecule has 0 saturated heterocycles. The van der Waals surface area contributed by atoms with E-state index in [1.807, 2.05) is 0 Å². The third-order valence-corrected chi connectivity index (χ3v) is 4.52. The number of carboxylic acids is 1.